The van der Waals surface area contributed by atoms with E-state index in [2.05, 4.69) is 5.32 Å². The molecule has 2 rings (SSSR count). The number of phenols is 1. The van der Waals surface area contributed by atoms with Crippen LogP contribution >= 0.6 is 0 Å². The fraction of sp³-hybridized carbons (Fsp3) is 0.462. The largest absolute Gasteiger partial charge is 0.508 e. The van der Waals surface area contributed by atoms with E-state index in [1.165, 1.54) is 6.07 Å². The Morgan fingerprint density at radius 3 is 2.72 bits per heavy atom. The summed E-state index contributed by atoms with van der Waals surface area (Å²) in [6.07, 6.45) is -0.531. The van der Waals surface area contributed by atoms with Gasteiger partial charge in [0.05, 0.1) is 12.1 Å². The van der Waals surface area contributed by atoms with Crippen molar-refractivity contribution in [3.63, 3.8) is 0 Å². The van der Waals surface area contributed by atoms with Crippen molar-refractivity contribution in [2.75, 3.05) is 20.1 Å². The number of likely N-dealkylation sites (N-methyl/N-ethyl adjacent to an activating group) is 1. The first-order valence-corrected chi connectivity index (χ1v) is 5.96. The number of aromatic hydroxyl groups is 1. The van der Waals surface area contributed by atoms with Crippen molar-refractivity contribution in [3.8, 4) is 5.75 Å². The fourth-order valence-electron chi connectivity index (χ4n) is 2.27. The highest BCUT2D eigenvalue weighted by Crippen LogP contribution is 2.19. The Morgan fingerprint density at radius 1 is 1.44 bits per heavy atom. The Bertz CT molecular complexity index is 462. The van der Waals surface area contributed by atoms with Crippen LogP contribution in [0.1, 0.15) is 15.9 Å². The number of aryl methyl sites for hydroxylation is 1. The van der Waals surface area contributed by atoms with E-state index in [-0.39, 0.29) is 17.7 Å². The van der Waals surface area contributed by atoms with Gasteiger partial charge in [0, 0.05) is 25.7 Å². The molecule has 1 heterocycles. The van der Waals surface area contributed by atoms with Crippen LogP contribution in [0, 0.1) is 6.92 Å². The predicted molar refractivity (Wildman–Crippen MR) is 67.6 cm³/mol. The second kappa shape index (κ2) is 4.96. The summed E-state index contributed by atoms with van der Waals surface area (Å²) in [5.41, 5.74) is 1.28. The Hall–Kier alpha value is -1.59. The molecule has 1 aromatic carbocycles. The number of hydrogen-bond donors (Lipinski definition) is 3. The first kappa shape index (κ1) is 12.9. The Balaban J connectivity index is 2.20. The zero-order valence-electron chi connectivity index (χ0n) is 10.6. The standard InChI is InChI=1S/C13H18N2O3/c1-8-5-9(16)3-4-10(8)13(18)15(2)11-6-14-7-12(11)17/h3-5,11-12,14,16-17H,6-7H2,1-2H3/t11-,12-/m0/s1. The van der Waals surface area contributed by atoms with Gasteiger partial charge in [-0.15, -0.1) is 0 Å². The molecule has 1 aliphatic rings. The normalized spacial score (nSPS) is 23.1. The minimum Gasteiger partial charge on any atom is -0.508 e. The molecule has 1 saturated heterocycles. The number of nitrogens with zero attached hydrogens (tertiary/aromatic N) is 1. The molecule has 0 saturated carbocycles. The molecule has 0 aromatic heterocycles. The van der Waals surface area contributed by atoms with Crippen molar-refractivity contribution in [3.05, 3.63) is 29.3 Å². The zero-order valence-corrected chi connectivity index (χ0v) is 10.6. The van der Waals surface area contributed by atoms with Gasteiger partial charge in [-0.2, -0.15) is 0 Å². The molecule has 0 bridgehead atoms. The van der Waals surface area contributed by atoms with Crippen LogP contribution in [0.3, 0.4) is 0 Å². The first-order chi connectivity index (χ1) is 8.50. The van der Waals surface area contributed by atoms with Crippen molar-refractivity contribution in [1.82, 2.24) is 10.2 Å². The van der Waals surface area contributed by atoms with Gasteiger partial charge in [-0.05, 0) is 30.7 Å². The number of amides is 1. The van der Waals surface area contributed by atoms with Crippen molar-refractivity contribution in [2.45, 2.75) is 19.1 Å². The second-order valence-electron chi connectivity index (χ2n) is 4.71. The highest BCUT2D eigenvalue weighted by Gasteiger charge is 2.31. The number of phenolic OH excluding ortho intramolecular Hbond substituents is 1. The molecule has 1 aliphatic heterocycles. The van der Waals surface area contributed by atoms with Crippen LogP contribution in [0.4, 0.5) is 0 Å². The SMILES string of the molecule is Cc1cc(O)ccc1C(=O)N(C)[C@H]1CNC[C@@H]1O. The molecule has 0 spiro atoms. The molecule has 2 atom stereocenters. The summed E-state index contributed by atoms with van der Waals surface area (Å²) in [4.78, 5) is 13.9. The molecule has 5 heteroatoms. The highest BCUT2D eigenvalue weighted by atomic mass is 16.3. The van der Waals surface area contributed by atoms with Crippen molar-refractivity contribution in [1.29, 1.82) is 0 Å². The Kier molecular flexibility index (Phi) is 3.54. The lowest BCUT2D eigenvalue weighted by molar-refractivity contribution is 0.0580. The zero-order chi connectivity index (χ0) is 13.3. The van der Waals surface area contributed by atoms with Gasteiger partial charge in [-0.3, -0.25) is 4.79 Å². The monoisotopic (exact) mass is 250 g/mol. The van der Waals surface area contributed by atoms with Crippen LogP contribution in [0.25, 0.3) is 0 Å². The molecule has 0 aliphatic carbocycles. The van der Waals surface area contributed by atoms with Crippen molar-refractivity contribution in [2.24, 2.45) is 0 Å². The maximum atomic E-state index is 12.3. The molecule has 1 aromatic rings. The number of aliphatic hydroxyl groups excluding tert-OH is 1. The summed E-state index contributed by atoms with van der Waals surface area (Å²) in [5.74, 6) is 0.00882. The lowest BCUT2D eigenvalue weighted by atomic mass is 10.1. The summed E-state index contributed by atoms with van der Waals surface area (Å²) < 4.78 is 0. The van der Waals surface area contributed by atoms with Crippen LogP contribution in [0.15, 0.2) is 18.2 Å². The Labute approximate surface area is 106 Å². The van der Waals surface area contributed by atoms with Gasteiger partial charge in [-0.1, -0.05) is 0 Å². The molecule has 98 valence electrons. The van der Waals surface area contributed by atoms with Gasteiger partial charge in [0.15, 0.2) is 0 Å². The molecule has 18 heavy (non-hydrogen) atoms. The molecular formula is C13H18N2O3. The van der Waals surface area contributed by atoms with Gasteiger partial charge in [0.25, 0.3) is 5.91 Å². The van der Waals surface area contributed by atoms with Gasteiger partial charge < -0.3 is 20.4 Å². The number of carbonyl (C=O) groups is 1. The lowest BCUT2D eigenvalue weighted by Gasteiger charge is -2.27. The van der Waals surface area contributed by atoms with Gasteiger partial charge in [-0.25, -0.2) is 0 Å². The maximum absolute atomic E-state index is 12.3. The number of carbonyl (C=O) groups excluding carboxylic acids is 1. The quantitative estimate of drug-likeness (QED) is 0.696. The van der Waals surface area contributed by atoms with Gasteiger partial charge in [0.1, 0.15) is 5.75 Å². The number of rotatable bonds is 2. The fourth-order valence-corrected chi connectivity index (χ4v) is 2.27. The second-order valence-corrected chi connectivity index (χ2v) is 4.71. The van der Waals surface area contributed by atoms with E-state index in [0.717, 1.165) is 5.56 Å². The molecular weight excluding hydrogens is 232 g/mol. The smallest absolute Gasteiger partial charge is 0.254 e. The molecule has 0 radical (unpaired) electrons. The predicted octanol–water partition coefficient (Wildman–Crippen LogP) is 0.105. The van der Waals surface area contributed by atoms with E-state index >= 15 is 0 Å². The Morgan fingerprint density at radius 2 is 2.17 bits per heavy atom. The number of hydrogen-bond acceptors (Lipinski definition) is 4. The van der Waals surface area contributed by atoms with Crippen LogP contribution in [-0.2, 0) is 0 Å². The van der Waals surface area contributed by atoms with E-state index in [1.807, 2.05) is 0 Å². The molecule has 5 nitrogen and oxygen atoms in total. The maximum Gasteiger partial charge on any atom is 0.254 e. The van der Waals surface area contributed by atoms with Crippen LogP contribution in [0.2, 0.25) is 0 Å². The molecule has 0 unspecified atom stereocenters. The minimum absolute atomic E-state index is 0.139. The van der Waals surface area contributed by atoms with Crippen molar-refractivity contribution >= 4 is 5.91 Å². The summed E-state index contributed by atoms with van der Waals surface area (Å²) >= 11 is 0. The summed E-state index contributed by atoms with van der Waals surface area (Å²) in [6, 6.07) is 4.46. The van der Waals surface area contributed by atoms with E-state index in [0.29, 0.717) is 18.7 Å². The lowest BCUT2D eigenvalue weighted by Crippen LogP contribution is -2.44. The average molecular weight is 250 g/mol. The summed E-state index contributed by atoms with van der Waals surface area (Å²) in [7, 11) is 1.69. The van der Waals surface area contributed by atoms with E-state index < -0.39 is 6.10 Å². The highest BCUT2D eigenvalue weighted by molar-refractivity contribution is 5.95. The van der Waals surface area contributed by atoms with Crippen LogP contribution in [-0.4, -0.2) is 53.3 Å². The van der Waals surface area contributed by atoms with Crippen LogP contribution in [0.5, 0.6) is 5.75 Å². The van der Waals surface area contributed by atoms with E-state index in [1.54, 1.807) is 31.0 Å². The minimum atomic E-state index is -0.531. The topological polar surface area (TPSA) is 72.8 Å². The average Bonchev–Trinajstić information content (AvgIpc) is 2.74. The summed E-state index contributed by atoms with van der Waals surface area (Å²) in [5, 5.41) is 22.2. The first-order valence-electron chi connectivity index (χ1n) is 5.96. The summed E-state index contributed by atoms with van der Waals surface area (Å²) in [6.45, 7) is 2.89. The third kappa shape index (κ3) is 2.32. The number of nitrogens with one attached hydrogen (secondary N) is 1. The number of aliphatic hydroxyl groups is 1. The number of β-amino-alcohol motifs (C(OH)–C–C–N with tert-alkyl or cyclic N) is 1. The van der Waals surface area contributed by atoms with Gasteiger partial charge in [0.2, 0.25) is 0 Å². The van der Waals surface area contributed by atoms with Gasteiger partial charge >= 0.3 is 0 Å². The third-order valence-corrected chi connectivity index (χ3v) is 3.41. The molecule has 1 fully saturated rings. The number of benzene rings is 1. The third-order valence-electron chi connectivity index (χ3n) is 3.41. The molecule has 1 amide bonds. The molecule has 3 N–H and O–H groups in total. The van der Waals surface area contributed by atoms with Crippen molar-refractivity contribution < 1.29 is 15.0 Å². The van der Waals surface area contributed by atoms with Crippen LogP contribution < -0.4 is 5.32 Å². The van der Waals surface area contributed by atoms with E-state index in [4.69, 9.17) is 0 Å². The van der Waals surface area contributed by atoms with E-state index in [9.17, 15) is 15.0 Å².